The summed E-state index contributed by atoms with van der Waals surface area (Å²) >= 11 is 5.88. The fourth-order valence-corrected chi connectivity index (χ4v) is 1.80. The van der Waals surface area contributed by atoms with Gasteiger partial charge in [0.15, 0.2) is 0 Å². The van der Waals surface area contributed by atoms with Gasteiger partial charge in [-0.25, -0.2) is 4.79 Å². The van der Waals surface area contributed by atoms with E-state index in [1.165, 1.54) is 12.1 Å². The van der Waals surface area contributed by atoms with Crippen LogP contribution < -0.4 is 16.4 Å². The van der Waals surface area contributed by atoms with Crippen LogP contribution in [0, 0.1) is 0 Å². The van der Waals surface area contributed by atoms with E-state index in [1.54, 1.807) is 18.3 Å². The predicted octanol–water partition coefficient (Wildman–Crippen LogP) is 1.48. The number of benzene rings is 1. The van der Waals surface area contributed by atoms with Crippen LogP contribution in [0.25, 0.3) is 0 Å². The number of nitrogens with zero attached hydrogens (tertiary/aromatic N) is 1. The van der Waals surface area contributed by atoms with E-state index >= 15 is 0 Å². The first-order chi connectivity index (χ1) is 9.56. The quantitative estimate of drug-likeness (QED) is 0.684. The first kappa shape index (κ1) is 13.9. The van der Waals surface area contributed by atoms with E-state index in [9.17, 15) is 9.59 Å². The summed E-state index contributed by atoms with van der Waals surface area (Å²) in [6.45, 7) is 0.318. The molecule has 2 aromatic rings. The lowest BCUT2D eigenvalue weighted by Gasteiger charge is -2.08. The van der Waals surface area contributed by atoms with Crippen LogP contribution in [-0.2, 0) is 6.54 Å². The van der Waals surface area contributed by atoms with Crippen LogP contribution in [0.1, 0.15) is 16.1 Å². The number of nitrogens with one attached hydrogen (secondary N) is 3. The highest BCUT2D eigenvalue weighted by Gasteiger charge is 2.08. The first-order valence-electron chi connectivity index (χ1n) is 5.68. The third-order valence-electron chi connectivity index (χ3n) is 2.49. The van der Waals surface area contributed by atoms with Crippen LogP contribution in [0.15, 0.2) is 30.5 Å². The molecule has 0 saturated carbocycles. The second kappa shape index (κ2) is 6.07. The molecule has 2 rings (SSSR count). The molecule has 0 aliphatic carbocycles. The minimum Gasteiger partial charge on any atom is -0.366 e. The minimum absolute atomic E-state index is 0.184. The Balaban J connectivity index is 1.94. The van der Waals surface area contributed by atoms with Crippen molar-refractivity contribution >= 4 is 29.2 Å². The summed E-state index contributed by atoms with van der Waals surface area (Å²) in [4.78, 5) is 22.7. The summed E-state index contributed by atoms with van der Waals surface area (Å²) in [6, 6.07) is 5.80. The van der Waals surface area contributed by atoms with Crippen LogP contribution in [-0.4, -0.2) is 22.1 Å². The smallest absolute Gasteiger partial charge is 0.319 e. The van der Waals surface area contributed by atoms with Gasteiger partial charge in [-0.2, -0.15) is 5.10 Å². The molecule has 0 aliphatic heterocycles. The number of nitrogens with two attached hydrogens (primary N) is 1. The average molecular weight is 294 g/mol. The number of amides is 3. The Morgan fingerprint density at radius 2 is 2.15 bits per heavy atom. The van der Waals surface area contributed by atoms with Crippen molar-refractivity contribution in [2.45, 2.75) is 6.54 Å². The molecule has 5 N–H and O–H groups in total. The zero-order chi connectivity index (χ0) is 14.5. The summed E-state index contributed by atoms with van der Waals surface area (Å²) < 4.78 is 0. The number of hydrogen-bond donors (Lipinski definition) is 4. The average Bonchev–Trinajstić information content (AvgIpc) is 2.89. The monoisotopic (exact) mass is 293 g/mol. The van der Waals surface area contributed by atoms with Crippen LogP contribution in [0.3, 0.4) is 0 Å². The number of aromatic amines is 1. The molecule has 0 aliphatic rings. The highest BCUT2D eigenvalue weighted by Crippen LogP contribution is 2.20. The molecule has 3 amide bonds. The molecule has 1 aromatic carbocycles. The predicted molar refractivity (Wildman–Crippen MR) is 74.4 cm³/mol. The Morgan fingerprint density at radius 1 is 1.35 bits per heavy atom. The Morgan fingerprint density at radius 3 is 2.75 bits per heavy atom. The van der Waals surface area contributed by atoms with Gasteiger partial charge in [0, 0.05) is 11.9 Å². The summed E-state index contributed by atoms with van der Waals surface area (Å²) in [6.07, 6.45) is 1.59. The molecule has 1 aromatic heterocycles. The van der Waals surface area contributed by atoms with Crippen molar-refractivity contribution in [1.82, 2.24) is 15.5 Å². The van der Waals surface area contributed by atoms with Crippen LogP contribution >= 0.6 is 11.6 Å². The molecule has 0 saturated heterocycles. The largest absolute Gasteiger partial charge is 0.366 e. The first-order valence-corrected chi connectivity index (χ1v) is 6.06. The van der Waals surface area contributed by atoms with Gasteiger partial charge in [0.25, 0.3) is 0 Å². The standard InChI is InChI=1S/C12H12ClN5O2/c13-10-5-7(1-2-9(10)11(14)19)17-12(20)15-6-8-3-4-16-18-8/h1-5H,6H2,(H2,14,19)(H,16,18)(H2,15,17,20). The number of primary amides is 1. The molecule has 0 fully saturated rings. The second-order valence-electron chi connectivity index (χ2n) is 3.95. The van der Waals surface area contributed by atoms with Gasteiger partial charge in [-0.05, 0) is 24.3 Å². The molecule has 0 bridgehead atoms. The number of urea groups is 1. The summed E-state index contributed by atoms with van der Waals surface area (Å²) in [5.41, 5.74) is 6.58. The van der Waals surface area contributed by atoms with E-state index in [-0.39, 0.29) is 10.6 Å². The van der Waals surface area contributed by atoms with Gasteiger partial charge < -0.3 is 16.4 Å². The van der Waals surface area contributed by atoms with Crippen molar-refractivity contribution < 1.29 is 9.59 Å². The summed E-state index contributed by atoms with van der Waals surface area (Å²) in [5, 5.41) is 11.9. The van der Waals surface area contributed by atoms with Gasteiger partial charge in [-0.15, -0.1) is 0 Å². The Labute approximate surface area is 119 Å². The Hall–Kier alpha value is -2.54. The van der Waals surface area contributed by atoms with Crippen molar-refractivity contribution in [3.63, 3.8) is 0 Å². The van der Waals surface area contributed by atoms with E-state index in [2.05, 4.69) is 20.8 Å². The summed E-state index contributed by atoms with van der Waals surface area (Å²) in [7, 11) is 0. The molecule has 7 nitrogen and oxygen atoms in total. The van der Waals surface area contributed by atoms with E-state index in [4.69, 9.17) is 17.3 Å². The van der Waals surface area contributed by atoms with Crippen LogP contribution in [0.5, 0.6) is 0 Å². The third kappa shape index (κ3) is 3.48. The van der Waals surface area contributed by atoms with E-state index in [0.29, 0.717) is 12.2 Å². The normalized spacial score (nSPS) is 10.1. The van der Waals surface area contributed by atoms with Gasteiger partial charge in [0.1, 0.15) is 0 Å². The maximum absolute atomic E-state index is 11.6. The Bertz CT molecular complexity index is 627. The van der Waals surface area contributed by atoms with Crippen molar-refractivity contribution in [2.75, 3.05) is 5.32 Å². The SMILES string of the molecule is NC(=O)c1ccc(NC(=O)NCc2ccn[nH]2)cc1Cl. The van der Waals surface area contributed by atoms with Gasteiger partial charge in [0.2, 0.25) is 5.91 Å². The number of H-pyrrole nitrogens is 1. The third-order valence-corrected chi connectivity index (χ3v) is 2.80. The number of carbonyl (C=O) groups is 2. The highest BCUT2D eigenvalue weighted by atomic mass is 35.5. The molecule has 0 unspecified atom stereocenters. The van der Waals surface area contributed by atoms with Crippen LogP contribution in [0.4, 0.5) is 10.5 Å². The number of aromatic nitrogens is 2. The lowest BCUT2D eigenvalue weighted by atomic mass is 10.2. The van der Waals surface area contributed by atoms with Gasteiger partial charge >= 0.3 is 6.03 Å². The van der Waals surface area contributed by atoms with Crippen molar-refractivity contribution in [3.05, 3.63) is 46.7 Å². The number of halogens is 1. The molecule has 20 heavy (non-hydrogen) atoms. The van der Waals surface area contributed by atoms with Gasteiger partial charge in [0.05, 0.1) is 22.8 Å². The fraction of sp³-hybridized carbons (Fsp3) is 0.0833. The maximum atomic E-state index is 11.6. The Kier molecular flexibility index (Phi) is 4.21. The van der Waals surface area contributed by atoms with Gasteiger partial charge in [-0.3, -0.25) is 9.89 Å². The lowest BCUT2D eigenvalue weighted by Crippen LogP contribution is -2.28. The molecule has 104 valence electrons. The molecule has 0 atom stereocenters. The number of anilines is 1. The van der Waals surface area contributed by atoms with Crippen LogP contribution in [0.2, 0.25) is 5.02 Å². The molecule has 8 heteroatoms. The minimum atomic E-state index is -0.620. The molecule has 1 heterocycles. The fourth-order valence-electron chi connectivity index (χ4n) is 1.53. The van der Waals surface area contributed by atoms with E-state index < -0.39 is 11.9 Å². The zero-order valence-corrected chi connectivity index (χ0v) is 11.1. The van der Waals surface area contributed by atoms with Crippen molar-refractivity contribution in [2.24, 2.45) is 5.73 Å². The molecule has 0 spiro atoms. The second-order valence-corrected chi connectivity index (χ2v) is 4.36. The number of carbonyl (C=O) groups excluding carboxylic acids is 2. The van der Waals surface area contributed by atoms with Crippen molar-refractivity contribution in [3.8, 4) is 0 Å². The molecular weight excluding hydrogens is 282 g/mol. The number of hydrogen-bond acceptors (Lipinski definition) is 3. The van der Waals surface area contributed by atoms with E-state index in [1.807, 2.05) is 0 Å². The maximum Gasteiger partial charge on any atom is 0.319 e. The van der Waals surface area contributed by atoms with Crippen molar-refractivity contribution in [1.29, 1.82) is 0 Å². The molecular formula is C12H12ClN5O2. The van der Waals surface area contributed by atoms with Gasteiger partial charge in [-0.1, -0.05) is 11.6 Å². The zero-order valence-electron chi connectivity index (χ0n) is 10.3. The van der Waals surface area contributed by atoms with E-state index in [0.717, 1.165) is 5.69 Å². The lowest BCUT2D eigenvalue weighted by molar-refractivity contribution is 0.100. The summed E-state index contributed by atoms with van der Waals surface area (Å²) in [5.74, 6) is -0.620. The highest BCUT2D eigenvalue weighted by molar-refractivity contribution is 6.34. The number of rotatable bonds is 4. The molecule has 0 radical (unpaired) electrons. The topological polar surface area (TPSA) is 113 Å².